The molecule has 0 bridgehead atoms. The second-order valence-corrected chi connectivity index (χ2v) is 8.31. The Morgan fingerprint density at radius 2 is 2.04 bits per heavy atom. The van der Waals surface area contributed by atoms with Gasteiger partial charge in [0.25, 0.3) is 0 Å². The maximum Gasteiger partial charge on any atom is 0.218 e. The largest absolute Gasteiger partial charge is 0.313 e. The summed E-state index contributed by atoms with van der Waals surface area (Å²) in [6.45, 7) is 1.55. The third-order valence-electron chi connectivity index (χ3n) is 4.19. The SMILES string of the molecule is N#Cc1cccc(CS(=O)(=O)N2CCNCC2c2cccc(Cl)c2)c1. The van der Waals surface area contributed by atoms with Crippen molar-refractivity contribution in [1.29, 1.82) is 5.26 Å². The average Bonchev–Trinajstić information content (AvgIpc) is 2.61. The number of piperazine rings is 1. The van der Waals surface area contributed by atoms with Crippen LogP contribution in [0, 0.1) is 11.3 Å². The smallest absolute Gasteiger partial charge is 0.218 e. The molecule has 0 aromatic heterocycles. The highest BCUT2D eigenvalue weighted by Gasteiger charge is 2.33. The molecular weight excluding hydrogens is 358 g/mol. The minimum atomic E-state index is -3.53. The number of hydrogen-bond acceptors (Lipinski definition) is 4. The predicted octanol–water partition coefficient (Wildman–Crippen LogP) is 2.69. The molecule has 1 fully saturated rings. The van der Waals surface area contributed by atoms with Gasteiger partial charge in [0, 0.05) is 24.7 Å². The van der Waals surface area contributed by atoms with Gasteiger partial charge in [0.05, 0.1) is 23.4 Å². The van der Waals surface area contributed by atoms with Gasteiger partial charge < -0.3 is 5.32 Å². The maximum absolute atomic E-state index is 13.0. The van der Waals surface area contributed by atoms with Crippen LogP contribution in [0.3, 0.4) is 0 Å². The van der Waals surface area contributed by atoms with Crippen molar-refractivity contribution in [2.45, 2.75) is 11.8 Å². The van der Waals surface area contributed by atoms with Gasteiger partial charge in [0.2, 0.25) is 10.0 Å². The quantitative estimate of drug-likeness (QED) is 0.891. The zero-order chi connectivity index (χ0) is 17.9. The lowest BCUT2D eigenvalue weighted by molar-refractivity contribution is 0.271. The summed E-state index contributed by atoms with van der Waals surface area (Å²) in [4.78, 5) is 0. The molecule has 7 heteroatoms. The normalized spacial score (nSPS) is 18.6. The highest BCUT2D eigenvalue weighted by Crippen LogP contribution is 2.28. The van der Waals surface area contributed by atoms with Crippen LogP contribution in [-0.4, -0.2) is 32.4 Å². The average molecular weight is 376 g/mol. The van der Waals surface area contributed by atoms with Gasteiger partial charge in [-0.3, -0.25) is 0 Å². The Morgan fingerprint density at radius 1 is 1.24 bits per heavy atom. The topological polar surface area (TPSA) is 73.2 Å². The third kappa shape index (κ3) is 4.20. The number of sulfonamides is 1. The molecule has 25 heavy (non-hydrogen) atoms. The first-order valence-corrected chi connectivity index (χ1v) is 9.93. The van der Waals surface area contributed by atoms with E-state index in [9.17, 15) is 8.42 Å². The van der Waals surface area contributed by atoms with Crippen molar-refractivity contribution in [2.75, 3.05) is 19.6 Å². The summed E-state index contributed by atoms with van der Waals surface area (Å²) >= 11 is 6.07. The molecular formula is C18H18ClN3O2S. The van der Waals surface area contributed by atoms with Crippen molar-refractivity contribution >= 4 is 21.6 Å². The van der Waals surface area contributed by atoms with E-state index in [-0.39, 0.29) is 11.8 Å². The monoisotopic (exact) mass is 375 g/mol. The molecule has 1 N–H and O–H groups in total. The van der Waals surface area contributed by atoms with Crippen LogP contribution in [0.5, 0.6) is 0 Å². The molecule has 2 aromatic rings. The second kappa shape index (κ2) is 7.54. The van der Waals surface area contributed by atoms with E-state index in [0.29, 0.717) is 35.8 Å². The zero-order valence-electron chi connectivity index (χ0n) is 13.5. The van der Waals surface area contributed by atoms with E-state index in [4.69, 9.17) is 16.9 Å². The molecule has 5 nitrogen and oxygen atoms in total. The van der Waals surface area contributed by atoms with Crippen molar-refractivity contribution < 1.29 is 8.42 Å². The summed E-state index contributed by atoms with van der Waals surface area (Å²) in [6.07, 6.45) is 0. The molecule has 0 amide bonds. The Bertz CT molecular complexity index is 909. The van der Waals surface area contributed by atoms with E-state index in [2.05, 4.69) is 5.32 Å². The molecule has 1 aliphatic heterocycles. The molecule has 0 saturated carbocycles. The first-order valence-electron chi connectivity index (χ1n) is 7.94. The van der Waals surface area contributed by atoms with E-state index in [0.717, 1.165) is 5.56 Å². The number of halogens is 1. The predicted molar refractivity (Wildman–Crippen MR) is 97.5 cm³/mol. The molecule has 2 aromatic carbocycles. The molecule has 1 saturated heterocycles. The minimum absolute atomic E-state index is 0.125. The van der Waals surface area contributed by atoms with E-state index >= 15 is 0 Å². The van der Waals surface area contributed by atoms with Crippen LogP contribution in [0.1, 0.15) is 22.7 Å². The minimum Gasteiger partial charge on any atom is -0.313 e. The molecule has 3 rings (SSSR count). The number of nitriles is 1. The summed E-state index contributed by atoms with van der Waals surface area (Å²) in [7, 11) is -3.53. The van der Waals surface area contributed by atoms with Gasteiger partial charge in [-0.05, 0) is 35.4 Å². The van der Waals surface area contributed by atoms with Gasteiger partial charge in [0.1, 0.15) is 0 Å². The highest BCUT2D eigenvalue weighted by molar-refractivity contribution is 7.88. The van der Waals surface area contributed by atoms with Crippen LogP contribution in [0.25, 0.3) is 0 Å². The molecule has 1 unspecified atom stereocenters. The lowest BCUT2D eigenvalue weighted by Gasteiger charge is -2.35. The van der Waals surface area contributed by atoms with Gasteiger partial charge in [0.15, 0.2) is 0 Å². The van der Waals surface area contributed by atoms with Gasteiger partial charge in [-0.2, -0.15) is 9.57 Å². The number of nitrogens with one attached hydrogen (secondary N) is 1. The summed E-state index contributed by atoms with van der Waals surface area (Å²) < 4.78 is 27.5. The Morgan fingerprint density at radius 3 is 2.80 bits per heavy atom. The Kier molecular flexibility index (Phi) is 5.40. The Labute approximate surface area is 152 Å². The first-order chi connectivity index (χ1) is 12.0. The van der Waals surface area contributed by atoms with Crippen LogP contribution in [0.15, 0.2) is 48.5 Å². The van der Waals surface area contributed by atoms with Crippen LogP contribution < -0.4 is 5.32 Å². The van der Waals surface area contributed by atoms with Crippen LogP contribution in [0.2, 0.25) is 5.02 Å². The molecule has 130 valence electrons. The van der Waals surface area contributed by atoms with Gasteiger partial charge in [-0.15, -0.1) is 0 Å². The summed E-state index contributed by atoms with van der Waals surface area (Å²) in [5.41, 5.74) is 1.94. The first kappa shape index (κ1) is 17.9. The molecule has 1 heterocycles. The van der Waals surface area contributed by atoms with Crippen molar-refractivity contribution in [3.05, 3.63) is 70.2 Å². The zero-order valence-corrected chi connectivity index (χ0v) is 15.1. The summed E-state index contributed by atoms with van der Waals surface area (Å²) in [6, 6.07) is 15.8. The van der Waals surface area contributed by atoms with Crippen LogP contribution in [-0.2, 0) is 15.8 Å². The van der Waals surface area contributed by atoms with Crippen molar-refractivity contribution in [3.63, 3.8) is 0 Å². The number of nitrogens with zero attached hydrogens (tertiary/aromatic N) is 2. The van der Waals surface area contributed by atoms with Crippen molar-refractivity contribution in [2.24, 2.45) is 0 Å². The number of benzene rings is 2. The van der Waals surface area contributed by atoms with E-state index < -0.39 is 10.0 Å². The number of hydrogen-bond donors (Lipinski definition) is 1. The standard InChI is InChI=1S/C18H18ClN3O2S/c19-17-6-2-5-16(10-17)18-12-21-7-8-22(18)25(23,24)13-15-4-1-3-14(9-15)11-20/h1-6,9-10,18,21H,7-8,12-13H2. The Hall–Kier alpha value is -1.91. The van der Waals surface area contributed by atoms with E-state index in [1.807, 2.05) is 18.2 Å². The summed E-state index contributed by atoms with van der Waals surface area (Å²) in [5.74, 6) is -0.125. The number of rotatable bonds is 4. The molecule has 0 radical (unpaired) electrons. The fourth-order valence-electron chi connectivity index (χ4n) is 3.04. The van der Waals surface area contributed by atoms with Crippen molar-refractivity contribution in [1.82, 2.24) is 9.62 Å². The fraction of sp³-hybridized carbons (Fsp3) is 0.278. The van der Waals surface area contributed by atoms with Crippen molar-refractivity contribution in [3.8, 4) is 6.07 Å². The van der Waals surface area contributed by atoms with Gasteiger partial charge in [-0.1, -0.05) is 35.9 Å². The van der Waals surface area contributed by atoms with E-state index in [1.54, 1.807) is 36.4 Å². The van der Waals surface area contributed by atoms with Crippen LogP contribution in [0.4, 0.5) is 0 Å². The molecule has 0 spiro atoms. The molecule has 0 aliphatic carbocycles. The second-order valence-electron chi connectivity index (χ2n) is 5.95. The third-order valence-corrected chi connectivity index (χ3v) is 6.28. The van der Waals surface area contributed by atoms with Gasteiger partial charge in [-0.25, -0.2) is 8.42 Å². The van der Waals surface area contributed by atoms with Gasteiger partial charge >= 0.3 is 0 Å². The van der Waals surface area contributed by atoms with Crippen LogP contribution >= 0.6 is 11.6 Å². The highest BCUT2D eigenvalue weighted by atomic mass is 35.5. The molecule has 1 atom stereocenters. The fourth-order valence-corrected chi connectivity index (χ4v) is 4.96. The van der Waals surface area contributed by atoms with E-state index in [1.165, 1.54) is 4.31 Å². The lowest BCUT2D eigenvalue weighted by Crippen LogP contribution is -2.48. The lowest BCUT2D eigenvalue weighted by atomic mass is 10.1. The maximum atomic E-state index is 13.0. The Balaban J connectivity index is 1.89. The molecule has 1 aliphatic rings. The summed E-state index contributed by atoms with van der Waals surface area (Å²) in [5, 5.41) is 12.8.